The molecule has 0 amide bonds. The van der Waals surface area contributed by atoms with Crippen molar-refractivity contribution in [2.75, 3.05) is 7.11 Å². The average molecular weight is 363 g/mol. The Hall–Kier alpha value is -1.61. The van der Waals surface area contributed by atoms with E-state index in [2.05, 4.69) is 36.4 Å². The summed E-state index contributed by atoms with van der Waals surface area (Å²) in [5, 5.41) is 0. The van der Waals surface area contributed by atoms with E-state index in [4.69, 9.17) is 9.47 Å². The summed E-state index contributed by atoms with van der Waals surface area (Å²) in [4.78, 5) is 10.8. The fourth-order valence-electron chi connectivity index (χ4n) is 1.98. The second kappa shape index (κ2) is 8.74. The van der Waals surface area contributed by atoms with Crippen LogP contribution in [0.2, 0.25) is 0 Å². The third-order valence-electron chi connectivity index (χ3n) is 3.24. The van der Waals surface area contributed by atoms with Crippen LogP contribution in [0.4, 0.5) is 0 Å². The summed E-state index contributed by atoms with van der Waals surface area (Å²) in [7, 11) is 1.66. The van der Waals surface area contributed by atoms with E-state index in [1.165, 1.54) is 8.92 Å². The van der Waals surface area contributed by atoms with Crippen LogP contribution in [0, 0.1) is 0 Å². The molecule has 0 aliphatic heterocycles. The molecule has 3 nitrogen and oxygen atoms in total. The predicted octanol–water partition coefficient (Wildman–Crippen LogP) is 1.84. The van der Waals surface area contributed by atoms with Crippen molar-refractivity contribution in [1.82, 2.24) is 0 Å². The second-order valence-corrected chi connectivity index (χ2v) is 7.19. The molecule has 2 aromatic carbocycles. The molecule has 0 heterocycles. The summed E-state index contributed by atoms with van der Waals surface area (Å²) < 4.78 is 13.6. The summed E-state index contributed by atoms with van der Waals surface area (Å²) in [6.45, 7) is 2.32. The van der Waals surface area contributed by atoms with Crippen molar-refractivity contribution >= 4 is 30.2 Å². The second-order valence-electron chi connectivity index (χ2n) is 4.78. The Labute approximate surface area is 137 Å². The molecule has 0 saturated heterocycles. The Morgan fingerprint density at radius 1 is 1.14 bits per heavy atom. The molecule has 22 heavy (non-hydrogen) atoms. The molecule has 2 rings (SSSR count). The maximum atomic E-state index is 10.8. The number of hydrogen-bond donors (Lipinski definition) is 0. The van der Waals surface area contributed by atoms with Crippen LogP contribution in [0.25, 0.3) is 0 Å². The fourth-order valence-corrected chi connectivity index (χ4v) is 3.80. The van der Waals surface area contributed by atoms with Crippen molar-refractivity contribution in [2.45, 2.75) is 26.1 Å². The van der Waals surface area contributed by atoms with Gasteiger partial charge in [-0.2, -0.15) is 0 Å². The zero-order chi connectivity index (χ0) is 15.8. The standard InChI is InChI=1S/C18H20O3Se/c1-3-15(12-19)21-13-14-9-10-17(11-18(14)20-2)22-16-7-5-4-6-8-16/h4-12,15H,3,13H2,1-2H3/t15-/m1/s1. The molecule has 0 fully saturated rings. The summed E-state index contributed by atoms with van der Waals surface area (Å²) in [6, 6.07) is 16.6. The van der Waals surface area contributed by atoms with Crippen LogP contribution in [0.15, 0.2) is 48.5 Å². The van der Waals surface area contributed by atoms with E-state index in [1.54, 1.807) is 7.11 Å². The Balaban J connectivity index is 2.08. The van der Waals surface area contributed by atoms with Gasteiger partial charge in [0.1, 0.15) is 0 Å². The summed E-state index contributed by atoms with van der Waals surface area (Å²) in [5.41, 5.74) is 0.968. The molecule has 0 spiro atoms. The van der Waals surface area contributed by atoms with E-state index >= 15 is 0 Å². The predicted molar refractivity (Wildman–Crippen MR) is 89.4 cm³/mol. The normalized spacial score (nSPS) is 11.9. The number of benzene rings is 2. The van der Waals surface area contributed by atoms with Gasteiger partial charge in [0.25, 0.3) is 0 Å². The maximum absolute atomic E-state index is 10.8. The first kappa shape index (κ1) is 16.8. The van der Waals surface area contributed by atoms with Gasteiger partial charge in [0.15, 0.2) is 0 Å². The number of rotatable bonds is 8. The topological polar surface area (TPSA) is 35.5 Å². The van der Waals surface area contributed by atoms with Crippen molar-refractivity contribution < 1.29 is 14.3 Å². The van der Waals surface area contributed by atoms with Gasteiger partial charge < -0.3 is 0 Å². The minimum atomic E-state index is -0.349. The van der Waals surface area contributed by atoms with Crippen molar-refractivity contribution in [1.29, 1.82) is 0 Å². The summed E-state index contributed by atoms with van der Waals surface area (Å²) in [5.74, 6) is 0.816. The van der Waals surface area contributed by atoms with Gasteiger partial charge in [-0.3, -0.25) is 0 Å². The van der Waals surface area contributed by atoms with E-state index < -0.39 is 0 Å². The Bertz CT molecular complexity index is 599. The van der Waals surface area contributed by atoms with Crippen LogP contribution in [0.1, 0.15) is 18.9 Å². The van der Waals surface area contributed by atoms with Gasteiger partial charge in [-0.15, -0.1) is 0 Å². The van der Waals surface area contributed by atoms with E-state index in [1.807, 2.05) is 19.1 Å². The molecule has 0 unspecified atom stereocenters. The molecule has 116 valence electrons. The summed E-state index contributed by atoms with van der Waals surface area (Å²) in [6.07, 6.45) is 1.18. The van der Waals surface area contributed by atoms with Gasteiger partial charge in [0.2, 0.25) is 0 Å². The Kier molecular flexibility index (Phi) is 6.66. The first-order valence-corrected chi connectivity index (χ1v) is 8.94. The van der Waals surface area contributed by atoms with Crippen LogP contribution < -0.4 is 13.7 Å². The SMILES string of the molecule is CC[C@H](C=O)OCc1ccc([Se]c2ccccc2)cc1OC. The monoisotopic (exact) mass is 364 g/mol. The van der Waals surface area contributed by atoms with Gasteiger partial charge >= 0.3 is 137 Å². The molecule has 0 aliphatic rings. The minimum absolute atomic E-state index is 0.253. The third-order valence-corrected chi connectivity index (χ3v) is 5.34. The van der Waals surface area contributed by atoms with Crippen molar-refractivity contribution in [3.63, 3.8) is 0 Å². The fraction of sp³-hybridized carbons (Fsp3) is 0.278. The van der Waals surface area contributed by atoms with Crippen LogP contribution in [0.5, 0.6) is 5.75 Å². The van der Waals surface area contributed by atoms with Crippen LogP contribution in [-0.2, 0) is 16.1 Å². The molecule has 0 saturated carbocycles. The zero-order valence-electron chi connectivity index (χ0n) is 12.8. The van der Waals surface area contributed by atoms with Crippen LogP contribution >= 0.6 is 0 Å². The van der Waals surface area contributed by atoms with Crippen LogP contribution in [0.3, 0.4) is 0 Å². The first-order valence-electron chi connectivity index (χ1n) is 7.23. The Morgan fingerprint density at radius 2 is 1.91 bits per heavy atom. The van der Waals surface area contributed by atoms with Crippen molar-refractivity contribution in [3.8, 4) is 5.75 Å². The molecule has 0 N–H and O–H groups in total. The molecule has 0 radical (unpaired) electrons. The quantitative estimate of drug-likeness (QED) is 0.530. The van der Waals surface area contributed by atoms with Crippen LogP contribution in [-0.4, -0.2) is 34.5 Å². The van der Waals surface area contributed by atoms with E-state index in [0.717, 1.165) is 17.6 Å². The first-order chi connectivity index (χ1) is 10.8. The number of carbonyl (C=O) groups excluding carboxylic acids is 1. The molecule has 0 bridgehead atoms. The number of hydrogen-bond acceptors (Lipinski definition) is 3. The molecular formula is C18H20O3Se. The molecule has 4 heteroatoms. The molecule has 2 aromatic rings. The van der Waals surface area contributed by atoms with Crippen molar-refractivity contribution in [3.05, 3.63) is 54.1 Å². The van der Waals surface area contributed by atoms with Crippen molar-refractivity contribution in [2.24, 2.45) is 0 Å². The van der Waals surface area contributed by atoms with Gasteiger partial charge in [-0.25, -0.2) is 0 Å². The summed E-state index contributed by atoms with van der Waals surface area (Å²) >= 11 is 0.253. The molecule has 0 aromatic heterocycles. The number of carbonyl (C=O) groups is 1. The number of methoxy groups -OCH3 is 1. The number of aldehydes is 1. The van der Waals surface area contributed by atoms with E-state index in [-0.39, 0.29) is 21.1 Å². The zero-order valence-corrected chi connectivity index (χ0v) is 14.5. The Morgan fingerprint density at radius 3 is 2.55 bits per heavy atom. The van der Waals surface area contributed by atoms with E-state index in [0.29, 0.717) is 13.0 Å². The van der Waals surface area contributed by atoms with Gasteiger partial charge in [0, 0.05) is 0 Å². The average Bonchev–Trinajstić information content (AvgIpc) is 2.57. The molecule has 0 aliphatic carbocycles. The molecule has 1 atom stereocenters. The third kappa shape index (κ3) is 4.70. The molecular weight excluding hydrogens is 343 g/mol. The van der Waals surface area contributed by atoms with Gasteiger partial charge in [0.05, 0.1) is 0 Å². The van der Waals surface area contributed by atoms with Gasteiger partial charge in [-0.05, 0) is 0 Å². The number of ether oxygens (including phenoxy) is 2. The van der Waals surface area contributed by atoms with Gasteiger partial charge in [-0.1, -0.05) is 0 Å². The van der Waals surface area contributed by atoms with E-state index in [9.17, 15) is 4.79 Å².